The van der Waals surface area contributed by atoms with Crippen molar-refractivity contribution in [3.8, 4) is 34.1 Å². The Bertz CT molecular complexity index is 3850. The van der Waals surface area contributed by atoms with Crippen molar-refractivity contribution in [1.82, 2.24) is 14.1 Å². The van der Waals surface area contributed by atoms with Gasteiger partial charge in [0.1, 0.15) is 24.0 Å². The fraction of sp³-hybridized carbons (Fsp3) is 0.0862. The van der Waals surface area contributed by atoms with Crippen LogP contribution in [0.1, 0.15) is 33.2 Å². The molecule has 64 heavy (non-hydrogen) atoms. The molecule has 8 aromatic carbocycles. The van der Waals surface area contributed by atoms with Gasteiger partial charge in [-0.15, -0.1) is 0 Å². The summed E-state index contributed by atoms with van der Waals surface area (Å²) in [5, 5.41) is 4.05. The van der Waals surface area contributed by atoms with Crippen LogP contribution in [0.4, 0.5) is 22.7 Å². The monoisotopic (exact) mass is 832 g/mol. The van der Waals surface area contributed by atoms with Crippen LogP contribution in [0.2, 0.25) is 0 Å². The van der Waals surface area contributed by atoms with Crippen LogP contribution in [0, 0.1) is 0 Å². The molecule has 0 unspecified atom stereocenters. The largest absolute Gasteiger partial charge is 0.457 e. The summed E-state index contributed by atoms with van der Waals surface area (Å²) in [5.41, 5.74) is 10.8. The molecule has 0 spiro atoms. The first-order chi connectivity index (χ1) is 33.4. The number of pyridine rings is 1. The molecule has 0 radical (unpaired) electrons. The minimum absolute atomic E-state index is 0.0649. The second-order valence-corrected chi connectivity index (χ2v) is 17.4. The molecule has 1 aliphatic rings. The number of ether oxygens (including phenoxy) is 1. The number of para-hydroxylation sites is 5. The second-order valence-electron chi connectivity index (χ2n) is 17.4. The van der Waals surface area contributed by atoms with E-state index in [0.717, 1.165) is 83.3 Å². The zero-order chi connectivity index (χ0) is 47.3. The highest BCUT2D eigenvalue weighted by Gasteiger charge is 2.30. The number of nitrogens with zero attached hydrogens (tertiary/aromatic N) is 5. The van der Waals surface area contributed by atoms with Gasteiger partial charge in [0, 0.05) is 51.2 Å². The molecule has 12 rings (SSSR count). The normalized spacial score (nSPS) is 13.9. The Labute approximate surface area is 379 Å². The number of anilines is 4. The molecule has 6 heteroatoms. The van der Waals surface area contributed by atoms with E-state index in [1.807, 2.05) is 89.6 Å². The third-order valence-electron chi connectivity index (χ3n) is 12.5. The molecular formula is C58H45N5O. The Morgan fingerprint density at radius 3 is 2.05 bits per heavy atom. The van der Waals surface area contributed by atoms with Gasteiger partial charge in [0.25, 0.3) is 0 Å². The Balaban J connectivity index is 0.946. The summed E-state index contributed by atoms with van der Waals surface area (Å²) < 4.78 is 54.5. The zero-order valence-electron chi connectivity index (χ0n) is 40.6. The zero-order valence-corrected chi connectivity index (χ0v) is 35.6. The van der Waals surface area contributed by atoms with Crippen molar-refractivity contribution in [2.75, 3.05) is 16.5 Å². The van der Waals surface area contributed by atoms with Crippen molar-refractivity contribution in [3.63, 3.8) is 0 Å². The number of hydrogen-bond acceptors (Lipinski definition) is 4. The van der Waals surface area contributed by atoms with E-state index in [1.54, 1.807) is 0 Å². The number of benzene rings is 8. The van der Waals surface area contributed by atoms with Crippen LogP contribution >= 0.6 is 0 Å². The van der Waals surface area contributed by atoms with Gasteiger partial charge in [-0.25, -0.2) is 4.98 Å². The van der Waals surface area contributed by atoms with E-state index in [4.69, 9.17) is 16.6 Å². The van der Waals surface area contributed by atoms with E-state index < -0.39 is 6.04 Å². The first-order valence-electron chi connectivity index (χ1n) is 24.1. The number of fused-ring (bicyclic) bond motifs is 7. The Hall–Kier alpha value is -8.09. The summed E-state index contributed by atoms with van der Waals surface area (Å²) in [6, 6.07) is 56.3. The molecule has 0 atom stereocenters. The minimum Gasteiger partial charge on any atom is -0.457 e. The van der Waals surface area contributed by atoms with Gasteiger partial charge in [-0.2, -0.15) is 0 Å². The molecule has 0 N–H and O–H groups in total. The van der Waals surface area contributed by atoms with Gasteiger partial charge in [0.05, 0.1) is 46.0 Å². The van der Waals surface area contributed by atoms with Crippen molar-refractivity contribution in [2.24, 2.45) is 0 Å². The van der Waals surface area contributed by atoms with Crippen LogP contribution in [0.5, 0.6) is 11.5 Å². The van der Waals surface area contributed by atoms with Crippen molar-refractivity contribution in [2.45, 2.75) is 26.2 Å². The number of aromatic nitrogens is 3. The lowest BCUT2D eigenvalue weighted by atomic mass is 9.88. The van der Waals surface area contributed by atoms with Crippen LogP contribution < -0.4 is 14.5 Å². The smallest absolute Gasteiger partial charge is 0.137 e. The average Bonchev–Trinajstić information content (AvgIpc) is 4.03. The summed E-state index contributed by atoms with van der Waals surface area (Å²) in [5.74, 6) is 2.21. The molecular weight excluding hydrogens is 783 g/mol. The van der Waals surface area contributed by atoms with E-state index in [1.165, 1.54) is 5.56 Å². The van der Waals surface area contributed by atoms with Gasteiger partial charge in [-0.1, -0.05) is 124 Å². The van der Waals surface area contributed by atoms with Crippen molar-refractivity contribution in [1.29, 1.82) is 0 Å². The van der Waals surface area contributed by atoms with E-state index >= 15 is 0 Å². The summed E-state index contributed by atoms with van der Waals surface area (Å²) in [6.45, 7) is 7.09. The van der Waals surface area contributed by atoms with Crippen LogP contribution in [0.3, 0.4) is 0 Å². The summed E-state index contributed by atoms with van der Waals surface area (Å²) >= 11 is 0. The molecule has 0 aliphatic carbocycles. The molecule has 0 saturated carbocycles. The third kappa shape index (κ3) is 6.21. The highest BCUT2D eigenvalue weighted by molar-refractivity contribution is 6.14. The quantitative estimate of drug-likeness (QED) is 0.160. The fourth-order valence-corrected chi connectivity index (χ4v) is 9.43. The molecule has 308 valence electrons. The lowest BCUT2D eigenvalue weighted by Crippen LogP contribution is -2.24. The average molecular weight is 833 g/mol. The van der Waals surface area contributed by atoms with Gasteiger partial charge in [-0.3, -0.25) is 4.57 Å². The van der Waals surface area contributed by atoms with Crippen LogP contribution in [0.25, 0.3) is 66.2 Å². The Morgan fingerprint density at radius 1 is 0.500 bits per heavy atom. The van der Waals surface area contributed by atoms with Gasteiger partial charge >= 0.3 is 0 Å². The fourth-order valence-electron chi connectivity index (χ4n) is 9.43. The maximum Gasteiger partial charge on any atom is 0.137 e. The van der Waals surface area contributed by atoms with Crippen molar-refractivity contribution in [3.05, 3.63) is 212 Å². The standard InChI is InChI=1S/C58H45N5O/c1-58(2,3)41-32-33-59-56(35-41)63-51-31-28-40(39-16-6-4-7-17-39)34-49(51)47-30-29-45(37-55(47)63)64-44-21-14-20-43(36-44)60-38-61(53-26-13-12-25-52(53)60)54-27-15-23-48-46-22-10-11-24-50(46)62(57(48)54)42-18-8-5-9-19-42/h4-37H,38H2,1-3H3/i5D,8D,9D,18D,19D. The highest BCUT2D eigenvalue weighted by atomic mass is 16.5. The summed E-state index contributed by atoms with van der Waals surface area (Å²) in [7, 11) is 0. The number of rotatable bonds is 7. The van der Waals surface area contributed by atoms with E-state index in [0.29, 0.717) is 18.2 Å². The van der Waals surface area contributed by atoms with E-state index in [9.17, 15) is 0 Å². The third-order valence-corrected chi connectivity index (χ3v) is 12.5. The van der Waals surface area contributed by atoms with Crippen LogP contribution in [-0.2, 0) is 5.41 Å². The topological polar surface area (TPSA) is 38.5 Å². The molecule has 4 heterocycles. The molecule has 0 amide bonds. The molecule has 0 fully saturated rings. The molecule has 11 aromatic rings. The first kappa shape index (κ1) is 32.6. The maximum atomic E-state index is 9.05. The van der Waals surface area contributed by atoms with Gasteiger partial charge < -0.3 is 19.1 Å². The molecule has 0 saturated heterocycles. The highest BCUT2D eigenvalue weighted by Crippen LogP contribution is 2.48. The van der Waals surface area contributed by atoms with Crippen molar-refractivity contribution >= 4 is 66.4 Å². The lowest BCUT2D eigenvalue weighted by Gasteiger charge is -2.24. The molecule has 0 bridgehead atoms. The first-order valence-corrected chi connectivity index (χ1v) is 21.6. The van der Waals surface area contributed by atoms with E-state index in [2.05, 4.69) is 126 Å². The SMILES string of the molecule is [2H]c1c([2H])c([2H])c(-n2c3ccccc3c3cccc(N4CN(c5cccc(Oc6ccc7c8cc(-c9ccccc9)ccc8n(-c8cc(C(C)(C)C)ccn8)c7c6)c5)c5ccccc54)c32)c([2H])c1[2H]. The molecule has 6 nitrogen and oxygen atoms in total. The van der Waals surface area contributed by atoms with Crippen LogP contribution in [-0.4, -0.2) is 20.8 Å². The Kier molecular flexibility index (Phi) is 7.53. The summed E-state index contributed by atoms with van der Waals surface area (Å²) in [4.78, 5) is 9.41. The van der Waals surface area contributed by atoms with Crippen molar-refractivity contribution < 1.29 is 11.6 Å². The van der Waals surface area contributed by atoms with Gasteiger partial charge in [0.15, 0.2) is 0 Å². The summed E-state index contributed by atoms with van der Waals surface area (Å²) in [6.07, 6.45) is 1.90. The maximum absolute atomic E-state index is 9.05. The second kappa shape index (κ2) is 14.8. The number of hydrogen-bond donors (Lipinski definition) is 0. The molecule has 3 aromatic heterocycles. The van der Waals surface area contributed by atoms with Gasteiger partial charge in [0.2, 0.25) is 0 Å². The minimum atomic E-state index is -0.425. The van der Waals surface area contributed by atoms with Crippen LogP contribution in [0.15, 0.2) is 206 Å². The van der Waals surface area contributed by atoms with Gasteiger partial charge in [-0.05, 0) is 107 Å². The predicted molar refractivity (Wildman–Crippen MR) is 266 cm³/mol. The Morgan fingerprint density at radius 2 is 1.20 bits per heavy atom. The molecule has 1 aliphatic heterocycles. The van der Waals surface area contributed by atoms with E-state index in [-0.39, 0.29) is 35.3 Å². The predicted octanol–water partition coefficient (Wildman–Crippen LogP) is 15.3. The lowest BCUT2D eigenvalue weighted by molar-refractivity contribution is 0.483.